The Morgan fingerprint density at radius 3 is 2.67 bits per heavy atom. The van der Waals surface area contributed by atoms with Crippen molar-refractivity contribution in [1.82, 2.24) is 4.31 Å². The molecule has 0 spiro atoms. The molecule has 0 amide bonds. The number of aliphatic carboxylic acids is 1. The Hall–Kier alpha value is -1.80. The molecule has 0 saturated carbocycles. The number of hydrogen-bond donors (Lipinski definition) is 2. The fourth-order valence-electron chi connectivity index (χ4n) is 1.58. The van der Waals surface area contributed by atoms with Gasteiger partial charge in [-0.25, -0.2) is 0 Å². The largest absolute Gasteiger partial charge is 0.492 e. The second kappa shape index (κ2) is 7.28. The van der Waals surface area contributed by atoms with E-state index in [1.807, 2.05) is 6.92 Å². The van der Waals surface area contributed by atoms with Gasteiger partial charge in [-0.3, -0.25) is 9.52 Å². The Morgan fingerprint density at radius 1 is 1.43 bits per heavy atom. The Kier molecular flexibility index (Phi) is 5.98. The van der Waals surface area contributed by atoms with Crippen LogP contribution in [0.4, 0.5) is 5.69 Å². The van der Waals surface area contributed by atoms with Crippen LogP contribution in [0.15, 0.2) is 18.2 Å². The first-order valence-electron chi connectivity index (χ1n) is 6.45. The van der Waals surface area contributed by atoms with Gasteiger partial charge in [-0.05, 0) is 31.5 Å². The van der Waals surface area contributed by atoms with Crippen LogP contribution in [0.25, 0.3) is 0 Å². The lowest BCUT2D eigenvalue weighted by atomic mass is 10.2. The summed E-state index contributed by atoms with van der Waals surface area (Å²) in [4.78, 5) is 10.5. The minimum Gasteiger partial charge on any atom is -0.492 e. The first-order valence-corrected chi connectivity index (χ1v) is 7.89. The normalized spacial score (nSPS) is 11.4. The molecule has 0 heterocycles. The van der Waals surface area contributed by atoms with Crippen molar-refractivity contribution in [2.45, 2.75) is 20.3 Å². The summed E-state index contributed by atoms with van der Waals surface area (Å²) in [6.45, 7) is 3.98. The Balaban J connectivity index is 2.90. The van der Waals surface area contributed by atoms with Gasteiger partial charge >= 0.3 is 16.2 Å². The average Bonchev–Trinajstić information content (AvgIpc) is 2.39. The maximum Gasteiger partial charge on any atom is 0.304 e. The van der Waals surface area contributed by atoms with E-state index in [0.29, 0.717) is 18.0 Å². The minimum atomic E-state index is -3.82. The molecule has 0 fully saturated rings. The summed E-state index contributed by atoms with van der Waals surface area (Å²) >= 11 is 0. The van der Waals surface area contributed by atoms with Gasteiger partial charge in [-0.15, -0.1) is 0 Å². The Labute approximate surface area is 124 Å². The number of carboxylic acids is 1. The van der Waals surface area contributed by atoms with E-state index in [2.05, 4.69) is 4.72 Å². The SMILES string of the molecule is CCOc1cc(C)ccc1NS(=O)(=O)N(C)CCC(=O)O. The van der Waals surface area contributed by atoms with Gasteiger partial charge < -0.3 is 9.84 Å². The third kappa shape index (κ3) is 5.24. The smallest absolute Gasteiger partial charge is 0.304 e. The maximum absolute atomic E-state index is 12.1. The van der Waals surface area contributed by atoms with Crippen LogP contribution in [0.3, 0.4) is 0 Å². The van der Waals surface area contributed by atoms with Gasteiger partial charge in [0.2, 0.25) is 0 Å². The number of nitrogens with one attached hydrogen (secondary N) is 1. The number of carbonyl (C=O) groups is 1. The standard InChI is InChI=1S/C13H20N2O5S/c1-4-20-12-9-10(2)5-6-11(12)14-21(18,19)15(3)8-7-13(16)17/h5-6,9,14H,4,7-8H2,1-3H3,(H,16,17). The van der Waals surface area contributed by atoms with Gasteiger partial charge in [0.25, 0.3) is 0 Å². The zero-order chi connectivity index (χ0) is 16.0. The molecule has 118 valence electrons. The third-order valence-electron chi connectivity index (χ3n) is 2.73. The van der Waals surface area contributed by atoms with E-state index in [1.54, 1.807) is 25.1 Å². The van der Waals surface area contributed by atoms with Crippen molar-refractivity contribution in [2.75, 3.05) is 24.9 Å². The molecule has 0 aliphatic carbocycles. The molecule has 0 unspecified atom stereocenters. The van der Waals surface area contributed by atoms with Gasteiger partial charge in [0.05, 0.1) is 18.7 Å². The highest BCUT2D eigenvalue weighted by atomic mass is 32.2. The minimum absolute atomic E-state index is 0.111. The summed E-state index contributed by atoms with van der Waals surface area (Å²) in [5, 5.41) is 8.60. The maximum atomic E-state index is 12.1. The summed E-state index contributed by atoms with van der Waals surface area (Å²) in [6.07, 6.45) is -0.260. The van der Waals surface area contributed by atoms with E-state index in [9.17, 15) is 13.2 Å². The molecule has 0 aliphatic rings. The zero-order valence-corrected chi connectivity index (χ0v) is 13.1. The van der Waals surface area contributed by atoms with Crippen molar-refractivity contribution in [3.63, 3.8) is 0 Å². The summed E-state index contributed by atoms with van der Waals surface area (Å²) in [5.74, 6) is -0.616. The Bertz CT molecular complexity index is 601. The molecule has 1 rings (SSSR count). The number of aryl methyl sites for hydroxylation is 1. The van der Waals surface area contributed by atoms with E-state index >= 15 is 0 Å². The van der Waals surface area contributed by atoms with Gasteiger partial charge in [-0.1, -0.05) is 6.07 Å². The topological polar surface area (TPSA) is 95.9 Å². The highest BCUT2D eigenvalue weighted by Crippen LogP contribution is 2.27. The van der Waals surface area contributed by atoms with Crippen LogP contribution in [0.5, 0.6) is 5.75 Å². The first kappa shape index (κ1) is 17.3. The van der Waals surface area contributed by atoms with Crippen LogP contribution < -0.4 is 9.46 Å². The number of rotatable bonds is 8. The van der Waals surface area contributed by atoms with E-state index in [-0.39, 0.29) is 13.0 Å². The Morgan fingerprint density at radius 2 is 2.10 bits per heavy atom. The molecule has 0 aromatic heterocycles. The molecule has 0 bridgehead atoms. The second-order valence-corrected chi connectivity index (χ2v) is 6.28. The van der Waals surface area contributed by atoms with E-state index in [1.165, 1.54) is 7.05 Å². The number of carboxylic acid groups (broad SMARTS) is 1. The molecule has 8 heteroatoms. The van der Waals surface area contributed by atoms with Gasteiger partial charge in [-0.2, -0.15) is 12.7 Å². The van der Waals surface area contributed by atoms with Crippen LogP contribution in [0.2, 0.25) is 0 Å². The number of hydrogen-bond acceptors (Lipinski definition) is 4. The van der Waals surface area contributed by atoms with E-state index in [0.717, 1.165) is 9.87 Å². The number of anilines is 1. The molecule has 0 atom stereocenters. The predicted molar refractivity (Wildman–Crippen MR) is 79.8 cm³/mol. The third-order valence-corrected chi connectivity index (χ3v) is 4.21. The van der Waals surface area contributed by atoms with Crippen molar-refractivity contribution < 1.29 is 23.1 Å². The molecule has 7 nitrogen and oxygen atoms in total. The molecule has 1 aromatic carbocycles. The highest BCUT2D eigenvalue weighted by molar-refractivity contribution is 7.90. The molecule has 1 aromatic rings. The fourth-order valence-corrected chi connectivity index (χ4v) is 2.51. The lowest BCUT2D eigenvalue weighted by Crippen LogP contribution is -2.34. The van der Waals surface area contributed by atoms with E-state index in [4.69, 9.17) is 9.84 Å². The van der Waals surface area contributed by atoms with Crippen molar-refractivity contribution in [2.24, 2.45) is 0 Å². The predicted octanol–water partition coefficient (Wildman–Crippen LogP) is 1.46. The van der Waals surface area contributed by atoms with Crippen molar-refractivity contribution in [1.29, 1.82) is 0 Å². The molecule has 2 N–H and O–H groups in total. The molecule has 0 aliphatic heterocycles. The van der Waals surface area contributed by atoms with Crippen LogP contribution in [0, 0.1) is 6.92 Å². The van der Waals surface area contributed by atoms with Crippen LogP contribution in [0.1, 0.15) is 18.9 Å². The van der Waals surface area contributed by atoms with Crippen LogP contribution in [-0.4, -0.2) is 44.0 Å². The molecular weight excluding hydrogens is 296 g/mol. The summed E-state index contributed by atoms with van der Waals surface area (Å²) in [7, 11) is -2.50. The summed E-state index contributed by atoms with van der Waals surface area (Å²) < 4.78 is 33.0. The highest BCUT2D eigenvalue weighted by Gasteiger charge is 2.20. The molecule has 21 heavy (non-hydrogen) atoms. The summed E-state index contributed by atoms with van der Waals surface area (Å²) in [5.41, 5.74) is 1.27. The lowest BCUT2D eigenvalue weighted by molar-refractivity contribution is -0.137. The number of ether oxygens (including phenoxy) is 1. The molecular formula is C13H20N2O5S. The first-order chi connectivity index (χ1) is 9.76. The monoisotopic (exact) mass is 316 g/mol. The van der Waals surface area contributed by atoms with Gasteiger partial charge in [0.15, 0.2) is 0 Å². The summed E-state index contributed by atoms with van der Waals surface area (Å²) in [6, 6.07) is 5.11. The average molecular weight is 316 g/mol. The van der Waals surface area contributed by atoms with Crippen molar-refractivity contribution in [3.05, 3.63) is 23.8 Å². The molecule has 0 radical (unpaired) electrons. The quantitative estimate of drug-likeness (QED) is 0.757. The van der Waals surface area contributed by atoms with Crippen LogP contribution in [-0.2, 0) is 15.0 Å². The fraction of sp³-hybridized carbons (Fsp3) is 0.462. The zero-order valence-electron chi connectivity index (χ0n) is 12.3. The number of benzene rings is 1. The van der Waals surface area contributed by atoms with E-state index < -0.39 is 16.2 Å². The molecule has 0 saturated heterocycles. The van der Waals surface area contributed by atoms with Crippen molar-refractivity contribution >= 4 is 21.9 Å². The van der Waals surface area contributed by atoms with Crippen molar-refractivity contribution in [3.8, 4) is 5.75 Å². The lowest BCUT2D eigenvalue weighted by Gasteiger charge is -2.19. The second-order valence-electron chi connectivity index (χ2n) is 4.51. The van der Waals surface area contributed by atoms with Gasteiger partial charge in [0.1, 0.15) is 5.75 Å². The van der Waals surface area contributed by atoms with Crippen LogP contribution >= 0.6 is 0 Å². The number of nitrogens with zero attached hydrogens (tertiary/aromatic N) is 1. The van der Waals surface area contributed by atoms with Gasteiger partial charge in [0, 0.05) is 13.6 Å².